The number of rotatable bonds is 4. The number of hydrogen-bond donors (Lipinski definition) is 1. The summed E-state index contributed by atoms with van der Waals surface area (Å²) < 4.78 is 5.15. The molecule has 0 aliphatic heterocycles. The van der Waals surface area contributed by atoms with Gasteiger partial charge < -0.3 is 4.52 Å². The Balaban J connectivity index is 1.72. The Hall–Kier alpha value is -2.95. The Morgan fingerprint density at radius 1 is 1.09 bits per heavy atom. The Morgan fingerprint density at radius 2 is 1.87 bits per heavy atom. The zero-order valence-corrected chi connectivity index (χ0v) is 13.0. The molecule has 3 aromatic rings. The molecule has 23 heavy (non-hydrogen) atoms. The molecule has 0 aliphatic rings. The first-order valence-electron chi connectivity index (χ1n) is 7.43. The summed E-state index contributed by atoms with van der Waals surface area (Å²) in [5.74, 6) is 0.495. The summed E-state index contributed by atoms with van der Waals surface area (Å²) in [5, 5.41) is 6.62. The van der Waals surface area contributed by atoms with Gasteiger partial charge in [0.1, 0.15) is 5.69 Å². The van der Waals surface area contributed by atoms with E-state index in [1.165, 1.54) is 5.56 Å². The van der Waals surface area contributed by atoms with Gasteiger partial charge in [-0.25, -0.2) is 0 Å². The quantitative estimate of drug-likeness (QED) is 0.787. The lowest BCUT2D eigenvalue weighted by molar-refractivity contribution is 0.102. The highest BCUT2D eigenvalue weighted by atomic mass is 16.5. The van der Waals surface area contributed by atoms with Crippen molar-refractivity contribution in [2.75, 3.05) is 5.32 Å². The number of nitrogens with zero attached hydrogens (tertiary/aromatic N) is 2. The number of benzene rings is 1. The van der Waals surface area contributed by atoms with E-state index in [9.17, 15) is 4.79 Å². The van der Waals surface area contributed by atoms with Crippen molar-refractivity contribution in [1.29, 1.82) is 0 Å². The largest absolute Gasteiger partial charge is 0.338 e. The maximum Gasteiger partial charge on any atom is 0.258 e. The van der Waals surface area contributed by atoms with Crippen LogP contribution in [0.25, 0.3) is 11.4 Å². The second kappa shape index (κ2) is 6.44. The highest BCUT2D eigenvalue weighted by Crippen LogP contribution is 2.20. The minimum Gasteiger partial charge on any atom is -0.338 e. The molecular formula is C18H17N3O2. The van der Waals surface area contributed by atoms with Crippen molar-refractivity contribution in [2.24, 2.45) is 0 Å². The predicted octanol–water partition coefficient (Wildman–Crippen LogP) is 4.11. The van der Waals surface area contributed by atoms with Gasteiger partial charge in [0.2, 0.25) is 5.88 Å². The number of carbonyl (C=O) groups is 1. The summed E-state index contributed by atoms with van der Waals surface area (Å²) in [6.45, 7) is 4.23. The van der Waals surface area contributed by atoms with Crippen LogP contribution in [0.5, 0.6) is 0 Å². The molecule has 0 radical (unpaired) electrons. The molecule has 5 nitrogen and oxygen atoms in total. The first-order valence-corrected chi connectivity index (χ1v) is 7.43. The molecule has 5 heteroatoms. The second-order valence-corrected chi connectivity index (χ2v) is 5.52. The van der Waals surface area contributed by atoms with Gasteiger partial charge in [0.05, 0.1) is 5.69 Å². The van der Waals surface area contributed by atoms with E-state index >= 15 is 0 Å². The number of pyridine rings is 1. The molecule has 1 N–H and O–H groups in total. The Kier molecular flexibility index (Phi) is 4.19. The van der Waals surface area contributed by atoms with Crippen molar-refractivity contribution < 1.29 is 9.32 Å². The van der Waals surface area contributed by atoms with Gasteiger partial charge in [-0.1, -0.05) is 37.2 Å². The van der Waals surface area contributed by atoms with Gasteiger partial charge in [-0.2, -0.15) is 0 Å². The Morgan fingerprint density at radius 3 is 2.52 bits per heavy atom. The lowest BCUT2D eigenvalue weighted by Crippen LogP contribution is -2.11. The van der Waals surface area contributed by atoms with E-state index in [1.807, 2.05) is 30.3 Å². The predicted molar refractivity (Wildman–Crippen MR) is 88.2 cm³/mol. The number of aromatic nitrogens is 2. The smallest absolute Gasteiger partial charge is 0.258 e. The zero-order chi connectivity index (χ0) is 16.2. The van der Waals surface area contributed by atoms with Gasteiger partial charge in [0.25, 0.3) is 5.91 Å². The van der Waals surface area contributed by atoms with E-state index in [2.05, 4.69) is 29.3 Å². The Labute approximate surface area is 134 Å². The summed E-state index contributed by atoms with van der Waals surface area (Å²) in [4.78, 5) is 16.4. The molecule has 1 aromatic carbocycles. The van der Waals surface area contributed by atoms with Crippen LogP contribution in [0.4, 0.5) is 5.88 Å². The van der Waals surface area contributed by atoms with Crippen LogP contribution in [0.1, 0.15) is 35.7 Å². The molecule has 0 spiro atoms. The fourth-order valence-electron chi connectivity index (χ4n) is 2.17. The maximum atomic E-state index is 12.2. The van der Waals surface area contributed by atoms with Gasteiger partial charge in [-0.15, -0.1) is 0 Å². The molecule has 0 aliphatic carbocycles. The van der Waals surface area contributed by atoms with Crippen LogP contribution >= 0.6 is 0 Å². The summed E-state index contributed by atoms with van der Waals surface area (Å²) in [6, 6.07) is 14.7. The number of amides is 1. The van der Waals surface area contributed by atoms with E-state index in [1.54, 1.807) is 24.4 Å². The van der Waals surface area contributed by atoms with Gasteiger partial charge >= 0.3 is 0 Å². The van der Waals surface area contributed by atoms with Crippen LogP contribution in [0.15, 0.2) is 59.3 Å². The SMILES string of the molecule is CC(C)c1ccc(C(=O)Nc2cc(-c3ccccn3)no2)cc1. The number of carbonyl (C=O) groups excluding carboxylic acids is 1. The molecule has 0 unspecified atom stereocenters. The van der Waals surface area contributed by atoms with Crippen molar-refractivity contribution >= 4 is 11.8 Å². The van der Waals surface area contributed by atoms with Gasteiger partial charge in [-0.05, 0) is 35.7 Å². The third-order valence-electron chi connectivity index (χ3n) is 3.51. The number of anilines is 1. The molecule has 0 atom stereocenters. The highest BCUT2D eigenvalue weighted by Gasteiger charge is 2.12. The summed E-state index contributed by atoms with van der Waals surface area (Å²) in [6.07, 6.45) is 1.68. The third kappa shape index (κ3) is 3.45. The van der Waals surface area contributed by atoms with Crippen molar-refractivity contribution in [3.8, 4) is 11.4 Å². The van der Waals surface area contributed by atoms with E-state index in [0.717, 1.165) is 0 Å². The number of nitrogens with one attached hydrogen (secondary N) is 1. The van der Waals surface area contributed by atoms with Gasteiger partial charge in [0.15, 0.2) is 0 Å². The van der Waals surface area contributed by atoms with Crippen LogP contribution in [-0.2, 0) is 0 Å². The fraction of sp³-hybridized carbons (Fsp3) is 0.167. The zero-order valence-electron chi connectivity index (χ0n) is 13.0. The molecular weight excluding hydrogens is 290 g/mol. The van der Waals surface area contributed by atoms with Crippen molar-refractivity contribution in [2.45, 2.75) is 19.8 Å². The van der Waals surface area contributed by atoms with Crippen molar-refractivity contribution in [3.63, 3.8) is 0 Å². The molecule has 0 saturated carbocycles. The monoisotopic (exact) mass is 307 g/mol. The molecule has 1 amide bonds. The lowest BCUT2D eigenvalue weighted by atomic mass is 10.0. The molecule has 2 heterocycles. The molecule has 116 valence electrons. The summed E-state index contributed by atoms with van der Waals surface area (Å²) >= 11 is 0. The van der Waals surface area contributed by atoms with Crippen LogP contribution in [0, 0.1) is 0 Å². The summed E-state index contributed by atoms with van der Waals surface area (Å²) in [7, 11) is 0. The fourth-order valence-corrected chi connectivity index (χ4v) is 2.17. The Bertz CT molecular complexity index is 793. The molecule has 3 rings (SSSR count). The molecule has 2 aromatic heterocycles. The topological polar surface area (TPSA) is 68.0 Å². The normalized spacial score (nSPS) is 10.7. The minimum atomic E-state index is -0.232. The van der Waals surface area contributed by atoms with Crippen LogP contribution in [0.2, 0.25) is 0 Å². The van der Waals surface area contributed by atoms with Crippen molar-refractivity contribution in [3.05, 3.63) is 65.9 Å². The average Bonchev–Trinajstić information content (AvgIpc) is 3.04. The van der Waals surface area contributed by atoms with E-state index in [0.29, 0.717) is 28.8 Å². The maximum absolute atomic E-state index is 12.2. The van der Waals surface area contributed by atoms with Crippen LogP contribution < -0.4 is 5.32 Å². The van der Waals surface area contributed by atoms with Crippen LogP contribution in [-0.4, -0.2) is 16.0 Å². The highest BCUT2D eigenvalue weighted by molar-refractivity contribution is 6.03. The van der Waals surface area contributed by atoms with Crippen molar-refractivity contribution in [1.82, 2.24) is 10.1 Å². The molecule has 0 bridgehead atoms. The van der Waals surface area contributed by atoms with Crippen LogP contribution in [0.3, 0.4) is 0 Å². The van der Waals surface area contributed by atoms with E-state index in [-0.39, 0.29) is 5.91 Å². The van der Waals surface area contributed by atoms with Gasteiger partial charge in [-0.3, -0.25) is 15.1 Å². The standard InChI is InChI=1S/C18H17N3O2/c1-12(2)13-6-8-14(9-7-13)18(22)20-17-11-16(21-23-17)15-5-3-4-10-19-15/h3-12H,1-2H3,(H,20,22). The van der Waals surface area contributed by atoms with Gasteiger partial charge in [0, 0.05) is 17.8 Å². The minimum absolute atomic E-state index is 0.232. The van der Waals surface area contributed by atoms with E-state index in [4.69, 9.17) is 4.52 Å². The number of hydrogen-bond acceptors (Lipinski definition) is 4. The average molecular weight is 307 g/mol. The molecule has 0 saturated heterocycles. The second-order valence-electron chi connectivity index (χ2n) is 5.52. The third-order valence-corrected chi connectivity index (χ3v) is 3.51. The van der Waals surface area contributed by atoms with E-state index < -0.39 is 0 Å². The first-order chi connectivity index (χ1) is 11.1. The first kappa shape index (κ1) is 15.0. The lowest BCUT2D eigenvalue weighted by Gasteiger charge is -2.06. The summed E-state index contributed by atoms with van der Waals surface area (Å²) in [5.41, 5.74) is 3.04. The molecule has 0 fully saturated rings.